The standard InChI is InChI=1S/C23H25N3O2S2/c1-4-9-19-18(5-2)25-21(29-19)15-24-23-26-22(27)20(30-23)14-16-10-6-7-12-17(28-3)13-8-11-16/h4-5,8-12,14H,1,6-7,13,15H2,2-3H3,(H,24,26,27)/b11-8-,16-10?,17-12+,18-5+,19-9+,20-14+. The molecule has 1 amide bonds. The Labute approximate surface area is 185 Å². The van der Waals surface area contributed by atoms with Crippen molar-refractivity contribution in [1.82, 2.24) is 10.3 Å². The van der Waals surface area contributed by atoms with Crippen molar-refractivity contribution in [2.75, 3.05) is 7.11 Å². The molecule has 0 saturated carbocycles. The first kappa shape index (κ1) is 22.1. The predicted molar refractivity (Wildman–Crippen MR) is 127 cm³/mol. The quantitative estimate of drug-likeness (QED) is 0.711. The number of nitrogens with one attached hydrogen (secondary N) is 1. The van der Waals surface area contributed by atoms with E-state index in [1.165, 1.54) is 11.8 Å². The van der Waals surface area contributed by atoms with Gasteiger partial charge < -0.3 is 10.1 Å². The van der Waals surface area contributed by atoms with Crippen molar-refractivity contribution in [3.63, 3.8) is 0 Å². The van der Waals surface area contributed by atoms with Crippen LogP contribution in [0.3, 0.4) is 0 Å². The van der Waals surface area contributed by atoms with Crippen LogP contribution in [0.1, 0.15) is 31.2 Å². The number of nitrogens with zero attached hydrogens (tertiary/aromatic N) is 2. The zero-order valence-corrected chi connectivity index (χ0v) is 18.8. The molecule has 1 N–H and O–H groups in total. The molecular weight excluding hydrogens is 414 g/mol. The van der Waals surface area contributed by atoms with E-state index in [1.807, 2.05) is 31.2 Å². The first-order chi connectivity index (χ1) is 14.6. The number of methoxy groups -OCH3 is 1. The lowest BCUT2D eigenvalue weighted by Crippen LogP contribution is -2.20. The zero-order chi connectivity index (χ0) is 21.3. The number of aliphatic imine (C=N–C) groups is 1. The van der Waals surface area contributed by atoms with Crippen molar-refractivity contribution in [2.24, 2.45) is 4.99 Å². The minimum absolute atomic E-state index is 0.119. The molecule has 1 saturated heterocycles. The maximum Gasteiger partial charge on any atom is 0.264 e. The maximum absolute atomic E-state index is 12.4. The van der Waals surface area contributed by atoms with E-state index in [-0.39, 0.29) is 5.91 Å². The summed E-state index contributed by atoms with van der Waals surface area (Å²) in [5.74, 6) is 0.849. The van der Waals surface area contributed by atoms with E-state index in [0.717, 1.165) is 45.5 Å². The largest absolute Gasteiger partial charge is 0.501 e. The third kappa shape index (κ3) is 5.93. The molecule has 1 aliphatic carbocycles. The molecule has 0 aromatic carbocycles. The molecule has 0 radical (unpaired) electrons. The Balaban J connectivity index is 1.71. The number of thioether (sulfide) groups is 1. The summed E-state index contributed by atoms with van der Waals surface area (Å²) < 4.78 is 6.42. The van der Waals surface area contributed by atoms with Crippen LogP contribution < -0.4 is 15.2 Å². The molecule has 1 aliphatic heterocycles. The van der Waals surface area contributed by atoms with Gasteiger partial charge in [-0.2, -0.15) is 0 Å². The van der Waals surface area contributed by atoms with Crippen molar-refractivity contribution in [3.8, 4) is 0 Å². The van der Waals surface area contributed by atoms with Crippen LogP contribution in [-0.4, -0.2) is 23.2 Å². The Hall–Kier alpha value is -2.64. The molecule has 3 rings (SSSR count). The van der Waals surface area contributed by atoms with Crippen LogP contribution in [0, 0.1) is 0 Å². The highest BCUT2D eigenvalue weighted by Gasteiger charge is 2.23. The third-order valence-corrected chi connectivity index (χ3v) is 6.35. The number of allylic oxidation sites excluding steroid dienone is 7. The average Bonchev–Trinajstić information content (AvgIpc) is 3.32. The van der Waals surface area contributed by atoms with Crippen LogP contribution in [0.2, 0.25) is 0 Å². The minimum Gasteiger partial charge on any atom is -0.501 e. The summed E-state index contributed by atoms with van der Waals surface area (Å²) in [6, 6.07) is 0. The lowest BCUT2D eigenvalue weighted by Gasteiger charge is -2.01. The first-order valence-corrected chi connectivity index (χ1v) is 11.4. The van der Waals surface area contributed by atoms with E-state index in [2.05, 4.69) is 40.1 Å². The monoisotopic (exact) mass is 439 g/mol. The fourth-order valence-electron chi connectivity index (χ4n) is 2.92. The highest BCUT2D eigenvalue weighted by Crippen LogP contribution is 2.26. The van der Waals surface area contributed by atoms with E-state index in [0.29, 0.717) is 16.6 Å². The SMILES string of the molecule is C=C/C=c1/sc(C/N=C2\NC(=O)/C(=C\C3=CCC/C=C(/OC)C/C=C\3)S2)n/c1=C/C. The van der Waals surface area contributed by atoms with Crippen LogP contribution in [-0.2, 0) is 16.1 Å². The van der Waals surface area contributed by atoms with Gasteiger partial charge in [-0.1, -0.05) is 37.0 Å². The van der Waals surface area contributed by atoms with Gasteiger partial charge in [0, 0.05) is 6.42 Å². The second-order valence-electron chi connectivity index (χ2n) is 6.50. The van der Waals surface area contributed by atoms with E-state index in [9.17, 15) is 4.79 Å². The summed E-state index contributed by atoms with van der Waals surface area (Å²) in [5.41, 5.74) is 1.02. The highest BCUT2D eigenvalue weighted by molar-refractivity contribution is 8.18. The second kappa shape index (κ2) is 10.9. The first-order valence-electron chi connectivity index (χ1n) is 9.72. The number of aromatic nitrogens is 1. The van der Waals surface area contributed by atoms with Gasteiger partial charge in [-0.15, -0.1) is 11.3 Å². The van der Waals surface area contributed by atoms with Gasteiger partial charge in [0.05, 0.1) is 34.2 Å². The summed E-state index contributed by atoms with van der Waals surface area (Å²) in [7, 11) is 1.69. The molecule has 0 spiro atoms. The third-order valence-electron chi connectivity index (χ3n) is 4.38. The number of hydrogen-bond acceptors (Lipinski definition) is 6. The molecule has 5 nitrogen and oxygen atoms in total. The summed E-state index contributed by atoms with van der Waals surface area (Å²) >= 11 is 2.95. The fraction of sp³-hybridized carbons (Fsp3) is 0.261. The fourth-order valence-corrected chi connectivity index (χ4v) is 4.69. The maximum atomic E-state index is 12.4. The molecule has 0 bridgehead atoms. The number of carbonyl (C=O) groups excluding carboxylic acids is 1. The molecule has 156 valence electrons. The van der Waals surface area contributed by atoms with E-state index in [4.69, 9.17) is 4.74 Å². The molecule has 1 aromatic rings. The second-order valence-corrected chi connectivity index (χ2v) is 8.64. The number of carbonyl (C=O) groups is 1. The number of ether oxygens (including phenoxy) is 1. The predicted octanol–water partition coefficient (Wildman–Crippen LogP) is 3.71. The Morgan fingerprint density at radius 1 is 1.37 bits per heavy atom. The van der Waals surface area contributed by atoms with Crippen molar-refractivity contribution < 1.29 is 9.53 Å². The van der Waals surface area contributed by atoms with Crippen molar-refractivity contribution in [1.29, 1.82) is 0 Å². The van der Waals surface area contributed by atoms with Crippen molar-refractivity contribution in [3.05, 3.63) is 74.2 Å². The van der Waals surface area contributed by atoms with E-state index in [1.54, 1.807) is 24.5 Å². The summed E-state index contributed by atoms with van der Waals surface area (Å²) in [5, 5.41) is 5.29. The Bertz CT molecular complexity index is 1090. The van der Waals surface area contributed by atoms with Crippen LogP contribution in [0.15, 0.2) is 64.3 Å². The lowest BCUT2D eigenvalue weighted by atomic mass is 10.1. The average molecular weight is 440 g/mol. The molecule has 2 heterocycles. The van der Waals surface area contributed by atoms with Gasteiger partial charge >= 0.3 is 0 Å². The van der Waals surface area contributed by atoms with Gasteiger partial charge in [-0.05, 0) is 55.3 Å². The lowest BCUT2D eigenvalue weighted by molar-refractivity contribution is -0.115. The van der Waals surface area contributed by atoms with Crippen LogP contribution in [0.5, 0.6) is 0 Å². The number of hydrogen-bond donors (Lipinski definition) is 1. The molecule has 30 heavy (non-hydrogen) atoms. The van der Waals surface area contributed by atoms with Gasteiger partial charge in [0.15, 0.2) is 5.17 Å². The number of amidine groups is 1. The van der Waals surface area contributed by atoms with Gasteiger partial charge in [-0.25, -0.2) is 4.98 Å². The molecule has 0 unspecified atom stereocenters. The van der Waals surface area contributed by atoms with Crippen LogP contribution >= 0.6 is 23.1 Å². The normalized spacial score (nSPS) is 24.0. The summed E-state index contributed by atoms with van der Waals surface area (Å²) in [6.45, 7) is 6.14. The molecule has 1 aromatic heterocycles. The van der Waals surface area contributed by atoms with Gasteiger partial charge in [0.2, 0.25) is 0 Å². The Morgan fingerprint density at radius 3 is 2.97 bits per heavy atom. The molecule has 7 heteroatoms. The van der Waals surface area contributed by atoms with Gasteiger partial charge in [-0.3, -0.25) is 9.79 Å². The summed E-state index contributed by atoms with van der Waals surface area (Å²) in [6.07, 6.45) is 18.5. The zero-order valence-electron chi connectivity index (χ0n) is 17.2. The van der Waals surface area contributed by atoms with Crippen molar-refractivity contribution >= 4 is 46.3 Å². The topological polar surface area (TPSA) is 63.6 Å². The smallest absolute Gasteiger partial charge is 0.264 e. The van der Waals surface area contributed by atoms with E-state index < -0.39 is 0 Å². The van der Waals surface area contributed by atoms with Crippen molar-refractivity contribution in [2.45, 2.75) is 32.7 Å². The minimum atomic E-state index is -0.119. The highest BCUT2D eigenvalue weighted by atomic mass is 32.2. The van der Waals surface area contributed by atoms with Crippen LogP contribution in [0.25, 0.3) is 12.2 Å². The Morgan fingerprint density at radius 2 is 2.20 bits per heavy atom. The van der Waals surface area contributed by atoms with Crippen LogP contribution in [0.4, 0.5) is 0 Å². The molecule has 0 atom stereocenters. The Kier molecular flexibility index (Phi) is 8.04. The molecule has 2 aliphatic rings. The van der Waals surface area contributed by atoms with Gasteiger partial charge in [0.1, 0.15) is 5.01 Å². The molecule has 1 fully saturated rings. The summed E-state index contributed by atoms with van der Waals surface area (Å²) in [4.78, 5) is 22.2. The number of rotatable bonds is 5. The number of amides is 1. The molecular formula is C23H25N3O2S2. The number of thiazole rings is 1. The van der Waals surface area contributed by atoms with E-state index >= 15 is 0 Å². The van der Waals surface area contributed by atoms with Gasteiger partial charge in [0.25, 0.3) is 5.91 Å².